The molecule has 2 aromatic carbocycles. The summed E-state index contributed by atoms with van der Waals surface area (Å²) in [4.78, 5) is 25.6. The maximum Gasteiger partial charge on any atom is 0.416 e. The number of benzene rings is 2. The van der Waals surface area contributed by atoms with E-state index in [9.17, 15) is 23.1 Å². The summed E-state index contributed by atoms with van der Waals surface area (Å²) < 4.78 is 41.7. The van der Waals surface area contributed by atoms with Gasteiger partial charge < -0.3 is 15.0 Å². The topological polar surface area (TPSA) is 92.9 Å². The lowest BCUT2D eigenvalue weighted by Crippen LogP contribution is -2.31. The predicted molar refractivity (Wildman–Crippen MR) is 150 cm³/mol. The highest BCUT2D eigenvalue weighted by atomic mass is 19.4. The molecule has 2 aromatic heterocycles. The quantitative estimate of drug-likeness (QED) is 0.235. The fraction of sp³-hybridized carbons (Fsp3) is 0.355. The number of hydrogen-bond acceptors (Lipinski definition) is 5. The SMILES string of the molecule is C[C@@H](Nc1nc(C(=O)O)nc2nc(C3=C(c4ccccc4)CCC3)n(Cc3ccc(C(F)(F)F)cc3)c12)C1CCC1. The number of imidazole rings is 1. The van der Waals surface area contributed by atoms with E-state index in [4.69, 9.17) is 4.98 Å². The number of nitrogens with zero attached hydrogens (tertiary/aromatic N) is 4. The average molecular weight is 562 g/mol. The Morgan fingerprint density at radius 3 is 2.34 bits per heavy atom. The van der Waals surface area contributed by atoms with Crippen LogP contribution in [0.3, 0.4) is 0 Å². The summed E-state index contributed by atoms with van der Waals surface area (Å²) >= 11 is 0. The van der Waals surface area contributed by atoms with Crippen molar-refractivity contribution in [3.63, 3.8) is 0 Å². The van der Waals surface area contributed by atoms with E-state index in [2.05, 4.69) is 34.3 Å². The maximum atomic E-state index is 13.3. The number of halogens is 3. The summed E-state index contributed by atoms with van der Waals surface area (Å²) in [5.74, 6) is -0.156. The molecule has 6 rings (SSSR count). The third-order valence-electron chi connectivity index (χ3n) is 8.25. The van der Waals surface area contributed by atoms with Crippen LogP contribution in [-0.4, -0.2) is 36.6 Å². The van der Waals surface area contributed by atoms with Gasteiger partial charge >= 0.3 is 12.1 Å². The zero-order valence-electron chi connectivity index (χ0n) is 22.6. The molecule has 2 N–H and O–H groups in total. The van der Waals surface area contributed by atoms with Crippen LogP contribution in [-0.2, 0) is 12.7 Å². The second-order valence-electron chi connectivity index (χ2n) is 10.9. The number of carboxylic acid groups (broad SMARTS) is 1. The molecule has 1 saturated carbocycles. The van der Waals surface area contributed by atoms with Gasteiger partial charge in [0.2, 0.25) is 5.82 Å². The van der Waals surface area contributed by atoms with E-state index in [0.717, 1.165) is 67.4 Å². The molecule has 0 amide bonds. The number of aromatic nitrogens is 4. The highest BCUT2D eigenvalue weighted by Gasteiger charge is 2.31. The zero-order valence-corrected chi connectivity index (χ0v) is 22.6. The number of aromatic carboxylic acids is 1. The summed E-state index contributed by atoms with van der Waals surface area (Å²) in [6.45, 7) is 2.28. The van der Waals surface area contributed by atoms with Gasteiger partial charge in [-0.15, -0.1) is 0 Å². The van der Waals surface area contributed by atoms with Gasteiger partial charge in [-0.3, -0.25) is 0 Å². The van der Waals surface area contributed by atoms with Crippen LogP contribution >= 0.6 is 0 Å². The van der Waals surface area contributed by atoms with Crippen molar-refractivity contribution in [1.82, 2.24) is 19.5 Å². The fourth-order valence-corrected chi connectivity index (χ4v) is 5.82. The van der Waals surface area contributed by atoms with E-state index in [1.165, 1.54) is 12.1 Å². The number of rotatable bonds is 8. The Labute approximate surface area is 235 Å². The molecule has 0 bridgehead atoms. The van der Waals surface area contributed by atoms with E-state index >= 15 is 0 Å². The van der Waals surface area contributed by atoms with Gasteiger partial charge in [-0.25, -0.2) is 19.7 Å². The number of allylic oxidation sites excluding steroid dienone is 2. The van der Waals surface area contributed by atoms with Crippen molar-refractivity contribution in [3.8, 4) is 0 Å². The van der Waals surface area contributed by atoms with Crippen LogP contribution in [0.1, 0.15) is 78.6 Å². The molecule has 1 atom stereocenters. The molecule has 0 aliphatic heterocycles. The Morgan fingerprint density at radius 1 is 1.00 bits per heavy atom. The lowest BCUT2D eigenvalue weighted by molar-refractivity contribution is -0.137. The molecule has 2 aliphatic rings. The number of nitrogens with one attached hydrogen (secondary N) is 1. The first kappa shape index (κ1) is 27.0. The van der Waals surface area contributed by atoms with E-state index in [0.29, 0.717) is 28.6 Å². The predicted octanol–water partition coefficient (Wildman–Crippen LogP) is 7.29. The normalized spacial score (nSPS) is 16.7. The minimum Gasteiger partial charge on any atom is -0.475 e. The first-order valence-corrected chi connectivity index (χ1v) is 13.9. The molecule has 10 heteroatoms. The summed E-state index contributed by atoms with van der Waals surface area (Å²) in [6, 6.07) is 15.2. The Kier molecular flexibility index (Phi) is 7.01. The molecular weight excluding hydrogens is 531 g/mol. The summed E-state index contributed by atoms with van der Waals surface area (Å²) in [5.41, 5.74) is 3.99. The first-order chi connectivity index (χ1) is 19.7. The van der Waals surface area contributed by atoms with E-state index < -0.39 is 17.7 Å². The third-order valence-corrected chi connectivity index (χ3v) is 8.25. The molecule has 2 heterocycles. The second-order valence-corrected chi connectivity index (χ2v) is 10.9. The highest BCUT2D eigenvalue weighted by molar-refractivity contribution is 5.96. The molecule has 4 aromatic rings. The van der Waals surface area contributed by atoms with Gasteiger partial charge in [-0.1, -0.05) is 48.9 Å². The van der Waals surface area contributed by atoms with Crippen LogP contribution in [0.5, 0.6) is 0 Å². The molecule has 0 radical (unpaired) electrons. The lowest BCUT2D eigenvalue weighted by atomic mass is 9.80. The van der Waals surface area contributed by atoms with Crippen molar-refractivity contribution in [3.05, 3.63) is 82.9 Å². The summed E-state index contributed by atoms with van der Waals surface area (Å²) in [5, 5.41) is 13.2. The van der Waals surface area contributed by atoms with Gasteiger partial charge in [-0.2, -0.15) is 13.2 Å². The van der Waals surface area contributed by atoms with Gasteiger partial charge in [-0.05, 0) is 79.4 Å². The van der Waals surface area contributed by atoms with Crippen LogP contribution < -0.4 is 5.32 Å². The number of fused-ring (bicyclic) bond motifs is 1. The van der Waals surface area contributed by atoms with E-state index in [1.54, 1.807) is 0 Å². The van der Waals surface area contributed by atoms with E-state index in [-0.39, 0.29) is 24.1 Å². The van der Waals surface area contributed by atoms with Crippen molar-refractivity contribution in [1.29, 1.82) is 0 Å². The Bertz CT molecular complexity index is 1620. The maximum absolute atomic E-state index is 13.3. The summed E-state index contributed by atoms with van der Waals surface area (Å²) in [6.07, 6.45) is 1.44. The number of hydrogen-bond donors (Lipinski definition) is 2. The molecule has 0 unspecified atom stereocenters. The van der Waals surface area contributed by atoms with Crippen molar-refractivity contribution >= 4 is 34.1 Å². The standard InChI is InChI=1S/C31H30F3N5O2/c1-18(20-9-5-10-20)35-26-25-27(37-28(36-26)30(40)41)38-29(24-12-6-11-23(24)21-7-3-2-4-8-21)39(25)17-19-13-15-22(16-14-19)31(32,33)34/h2-4,7-8,13-16,18,20H,5-6,9-12,17H2,1H3,(H,40,41)(H,35,36,37)/t18-/m1/s1. The number of carbonyl (C=O) groups is 1. The zero-order chi connectivity index (χ0) is 28.7. The van der Waals surface area contributed by atoms with E-state index in [1.807, 2.05) is 22.8 Å². The molecular formula is C31H30F3N5O2. The number of carboxylic acids is 1. The highest BCUT2D eigenvalue weighted by Crippen LogP contribution is 2.41. The molecule has 0 spiro atoms. The van der Waals surface area contributed by atoms with Gasteiger partial charge in [0.15, 0.2) is 11.5 Å². The monoisotopic (exact) mass is 561 g/mol. The molecule has 1 fully saturated rings. The second kappa shape index (κ2) is 10.6. The van der Waals surface area contributed by atoms with Gasteiger partial charge in [0.25, 0.3) is 0 Å². The van der Waals surface area contributed by atoms with Gasteiger partial charge in [0.05, 0.1) is 5.56 Å². The molecule has 41 heavy (non-hydrogen) atoms. The smallest absolute Gasteiger partial charge is 0.416 e. The van der Waals surface area contributed by atoms with Crippen molar-refractivity contribution in [2.75, 3.05) is 5.32 Å². The van der Waals surface area contributed by atoms with Crippen LogP contribution in [0.2, 0.25) is 0 Å². The molecule has 212 valence electrons. The number of alkyl halides is 3. The Morgan fingerprint density at radius 2 is 1.71 bits per heavy atom. The number of anilines is 1. The minimum absolute atomic E-state index is 0.0481. The fourth-order valence-electron chi connectivity index (χ4n) is 5.82. The Hall–Kier alpha value is -4.21. The largest absolute Gasteiger partial charge is 0.475 e. The summed E-state index contributed by atoms with van der Waals surface area (Å²) in [7, 11) is 0. The van der Waals surface area contributed by atoms with Crippen LogP contribution in [0.25, 0.3) is 22.3 Å². The minimum atomic E-state index is -4.43. The van der Waals surface area contributed by atoms with Gasteiger partial charge in [0.1, 0.15) is 11.3 Å². The third kappa shape index (κ3) is 5.30. The lowest BCUT2D eigenvalue weighted by Gasteiger charge is -2.32. The molecule has 0 saturated heterocycles. The molecule has 7 nitrogen and oxygen atoms in total. The van der Waals surface area contributed by atoms with Crippen LogP contribution in [0.15, 0.2) is 54.6 Å². The van der Waals surface area contributed by atoms with Crippen LogP contribution in [0.4, 0.5) is 19.0 Å². The average Bonchev–Trinajstić information content (AvgIpc) is 3.53. The van der Waals surface area contributed by atoms with Crippen molar-refractivity contribution in [2.45, 2.75) is 64.2 Å². The van der Waals surface area contributed by atoms with Crippen molar-refractivity contribution in [2.24, 2.45) is 5.92 Å². The van der Waals surface area contributed by atoms with Crippen molar-refractivity contribution < 1.29 is 23.1 Å². The Balaban J connectivity index is 1.54. The molecule has 2 aliphatic carbocycles. The first-order valence-electron chi connectivity index (χ1n) is 13.9. The van der Waals surface area contributed by atoms with Crippen LogP contribution in [0, 0.1) is 5.92 Å². The van der Waals surface area contributed by atoms with Gasteiger partial charge in [0, 0.05) is 12.6 Å².